The Labute approximate surface area is 174 Å². The quantitative estimate of drug-likeness (QED) is 0.565. The molecule has 0 spiro atoms. The minimum absolute atomic E-state index is 0.119. The van der Waals surface area contributed by atoms with Crippen molar-refractivity contribution >= 4 is 34.0 Å². The summed E-state index contributed by atoms with van der Waals surface area (Å²) in [5.41, 5.74) is 1.42. The maximum atomic E-state index is 12.7. The average Bonchev–Trinajstić information content (AvgIpc) is 2.71. The number of aryl methyl sites for hydroxylation is 1. The zero-order valence-corrected chi connectivity index (χ0v) is 17.2. The molecule has 0 aliphatic rings. The molecule has 0 saturated carbocycles. The summed E-state index contributed by atoms with van der Waals surface area (Å²) in [6.45, 7) is 5.18. The Bertz CT molecular complexity index is 1080. The molecular weight excluding hydrogens is 392 g/mol. The molecule has 0 saturated heterocycles. The van der Waals surface area contributed by atoms with Crippen LogP contribution in [0.1, 0.15) is 12.5 Å². The fourth-order valence-corrected chi connectivity index (χ4v) is 3.09. The lowest BCUT2D eigenvalue weighted by molar-refractivity contribution is -0.118. The molecule has 7 heteroatoms. The minimum Gasteiger partial charge on any atom is -0.483 e. The maximum Gasteiger partial charge on any atom is 0.262 e. The van der Waals surface area contributed by atoms with Crippen LogP contribution in [0.15, 0.2) is 53.5 Å². The molecule has 0 atom stereocenters. The van der Waals surface area contributed by atoms with Gasteiger partial charge in [-0.05, 0) is 49.7 Å². The molecule has 6 nitrogen and oxygen atoms in total. The second-order valence-electron chi connectivity index (χ2n) is 6.53. The first-order valence-corrected chi connectivity index (χ1v) is 9.76. The third-order valence-corrected chi connectivity index (χ3v) is 4.88. The predicted octanol–water partition coefficient (Wildman–Crippen LogP) is 4.02. The summed E-state index contributed by atoms with van der Waals surface area (Å²) in [5.74, 6) is 0.167. The van der Waals surface area contributed by atoms with E-state index >= 15 is 0 Å². The number of anilines is 1. The van der Waals surface area contributed by atoms with Crippen LogP contribution >= 0.6 is 11.6 Å². The topological polar surface area (TPSA) is 69.6 Å². The smallest absolute Gasteiger partial charge is 0.262 e. The number of pyridine rings is 1. The molecule has 152 valence electrons. The van der Waals surface area contributed by atoms with Gasteiger partial charge in [0.25, 0.3) is 11.5 Å². The number of hydrogen-bond acceptors (Lipinski definition) is 4. The van der Waals surface area contributed by atoms with Crippen molar-refractivity contribution in [2.75, 3.05) is 25.1 Å². The summed E-state index contributed by atoms with van der Waals surface area (Å²) in [7, 11) is 0. The van der Waals surface area contributed by atoms with Crippen LogP contribution < -0.4 is 15.6 Å². The van der Waals surface area contributed by atoms with Crippen LogP contribution in [-0.2, 0) is 16.1 Å². The average molecular weight is 415 g/mol. The molecule has 3 rings (SSSR count). The van der Waals surface area contributed by atoms with Gasteiger partial charge in [-0.3, -0.25) is 9.59 Å². The van der Waals surface area contributed by atoms with Crippen molar-refractivity contribution in [2.45, 2.75) is 20.4 Å². The van der Waals surface area contributed by atoms with Gasteiger partial charge in [-0.25, -0.2) is 0 Å². The molecule has 0 radical (unpaired) electrons. The summed E-state index contributed by atoms with van der Waals surface area (Å²) < 4.78 is 12.6. The van der Waals surface area contributed by atoms with E-state index < -0.39 is 0 Å². The number of amides is 1. The SMILES string of the molecule is CCOCCn1ccc2c(OCC(=O)Nc3ccc(C)c(Cl)c3)cccc2c1=O. The van der Waals surface area contributed by atoms with Crippen LogP contribution in [-0.4, -0.2) is 30.3 Å². The first-order valence-electron chi connectivity index (χ1n) is 9.38. The number of benzene rings is 2. The van der Waals surface area contributed by atoms with Gasteiger partial charge in [0.15, 0.2) is 6.61 Å². The van der Waals surface area contributed by atoms with Crippen molar-refractivity contribution in [3.8, 4) is 5.75 Å². The van der Waals surface area contributed by atoms with Gasteiger partial charge in [0.2, 0.25) is 0 Å². The molecule has 1 aromatic heterocycles. The first kappa shape index (κ1) is 20.9. The van der Waals surface area contributed by atoms with Gasteiger partial charge in [0, 0.05) is 35.4 Å². The van der Waals surface area contributed by atoms with Crippen LogP contribution in [0.2, 0.25) is 5.02 Å². The van der Waals surface area contributed by atoms with Gasteiger partial charge in [0.1, 0.15) is 5.75 Å². The number of hydrogen-bond donors (Lipinski definition) is 1. The molecule has 29 heavy (non-hydrogen) atoms. The predicted molar refractivity (Wildman–Crippen MR) is 115 cm³/mol. The highest BCUT2D eigenvalue weighted by molar-refractivity contribution is 6.31. The Kier molecular flexibility index (Phi) is 6.90. The lowest BCUT2D eigenvalue weighted by Crippen LogP contribution is -2.22. The largest absolute Gasteiger partial charge is 0.483 e. The Hall–Kier alpha value is -2.83. The van der Waals surface area contributed by atoms with E-state index in [0.29, 0.717) is 47.0 Å². The molecule has 0 bridgehead atoms. The van der Waals surface area contributed by atoms with Crippen LogP contribution in [0.4, 0.5) is 5.69 Å². The van der Waals surface area contributed by atoms with E-state index in [9.17, 15) is 9.59 Å². The number of halogens is 1. The standard InChI is InChI=1S/C22H23ClN2O4/c1-3-28-12-11-25-10-9-17-18(22(25)27)5-4-6-20(17)29-14-21(26)24-16-8-7-15(2)19(23)13-16/h4-10,13H,3,11-12,14H2,1-2H3,(H,24,26). The molecule has 2 aromatic carbocycles. The Morgan fingerprint density at radius 1 is 1.17 bits per heavy atom. The number of nitrogens with one attached hydrogen (secondary N) is 1. The summed E-state index contributed by atoms with van der Waals surface area (Å²) in [5, 5.41) is 4.53. The normalized spacial score (nSPS) is 10.9. The molecule has 0 fully saturated rings. The molecule has 1 heterocycles. The molecular formula is C22H23ClN2O4. The summed E-state index contributed by atoms with van der Waals surface area (Å²) in [6.07, 6.45) is 1.71. The number of carbonyl (C=O) groups excluding carboxylic acids is 1. The third kappa shape index (κ3) is 5.16. The minimum atomic E-state index is -0.313. The summed E-state index contributed by atoms with van der Waals surface area (Å²) >= 11 is 6.08. The van der Waals surface area contributed by atoms with E-state index in [2.05, 4.69) is 5.32 Å². The Balaban J connectivity index is 1.71. The van der Waals surface area contributed by atoms with Gasteiger partial charge in [-0.2, -0.15) is 0 Å². The van der Waals surface area contributed by atoms with Gasteiger partial charge < -0.3 is 19.4 Å². The van der Waals surface area contributed by atoms with Crippen molar-refractivity contribution in [2.24, 2.45) is 0 Å². The Morgan fingerprint density at radius 3 is 2.76 bits per heavy atom. The molecule has 1 N–H and O–H groups in total. The zero-order chi connectivity index (χ0) is 20.8. The molecule has 0 aliphatic heterocycles. The summed E-state index contributed by atoms with van der Waals surface area (Å²) in [6, 6.07) is 12.3. The van der Waals surface area contributed by atoms with Crippen molar-refractivity contribution < 1.29 is 14.3 Å². The fourth-order valence-electron chi connectivity index (χ4n) is 2.91. The summed E-state index contributed by atoms with van der Waals surface area (Å²) in [4.78, 5) is 24.9. The van der Waals surface area contributed by atoms with E-state index in [-0.39, 0.29) is 18.1 Å². The van der Waals surface area contributed by atoms with Crippen molar-refractivity contribution in [1.29, 1.82) is 0 Å². The van der Waals surface area contributed by atoms with Crippen molar-refractivity contribution in [1.82, 2.24) is 4.57 Å². The highest BCUT2D eigenvalue weighted by Gasteiger charge is 2.10. The van der Waals surface area contributed by atoms with Crippen LogP contribution in [0, 0.1) is 6.92 Å². The van der Waals surface area contributed by atoms with Gasteiger partial charge in [-0.1, -0.05) is 23.7 Å². The number of ether oxygens (including phenoxy) is 2. The lowest BCUT2D eigenvalue weighted by atomic mass is 10.1. The lowest BCUT2D eigenvalue weighted by Gasteiger charge is -2.12. The van der Waals surface area contributed by atoms with Crippen LogP contribution in [0.3, 0.4) is 0 Å². The number of carbonyl (C=O) groups is 1. The molecule has 0 aliphatic carbocycles. The number of aromatic nitrogens is 1. The first-order chi connectivity index (χ1) is 14.0. The van der Waals surface area contributed by atoms with Crippen LogP contribution in [0.5, 0.6) is 5.75 Å². The highest BCUT2D eigenvalue weighted by atomic mass is 35.5. The second-order valence-corrected chi connectivity index (χ2v) is 6.94. The van der Waals surface area contributed by atoms with E-state index in [1.54, 1.807) is 41.1 Å². The number of fused-ring (bicyclic) bond motifs is 1. The molecule has 0 unspecified atom stereocenters. The number of nitrogens with zero attached hydrogens (tertiary/aromatic N) is 1. The maximum absolute atomic E-state index is 12.7. The van der Waals surface area contributed by atoms with Gasteiger partial charge in [0.05, 0.1) is 12.0 Å². The van der Waals surface area contributed by atoms with E-state index in [4.69, 9.17) is 21.1 Å². The fraction of sp³-hybridized carbons (Fsp3) is 0.273. The van der Waals surface area contributed by atoms with E-state index in [0.717, 1.165) is 5.56 Å². The third-order valence-electron chi connectivity index (χ3n) is 4.47. The van der Waals surface area contributed by atoms with Gasteiger partial charge >= 0.3 is 0 Å². The number of rotatable bonds is 8. The second kappa shape index (κ2) is 9.58. The zero-order valence-electron chi connectivity index (χ0n) is 16.4. The highest BCUT2D eigenvalue weighted by Crippen LogP contribution is 2.23. The van der Waals surface area contributed by atoms with Crippen molar-refractivity contribution in [3.63, 3.8) is 0 Å². The monoisotopic (exact) mass is 414 g/mol. The molecule has 1 amide bonds. The van der Waals surface area contributed by atoms with E-state index in [1.807, 2.05) is 26.0 Å². The molecule has 3 aromatic rings. The van der Waals surface area contributed by atoms with Crippen LogP contribution in [0.25, 0.3) is 10.8 Å². The van der Waals surface area contributed by atoms with Gasteiger partial charge in [-0.15, -0.1) is 0 Å². The Morgan fingerprint density at radius 2 is 2.00 bits per heavy atom. The van der Waals surface area contributed by atoms with E-state index in [1.165, 1.54) is 0 Å². The van der Waals surface area contributed by atoms with Crippen molar-refractivity contribution in [3.05, 3.63) is 69.6 Å².